The molecule has 4 heterocycles. The molecule has 0 aliphatic carbocycles. The first-order valence-electron chi connectivity index (χ1n) is 8.39. The van der Waals surface area contributed by atoms with Gasteiger partial charge in [0.2, 0.25) is 5.91 Å². The fourth-order valence-electron chi connectivity index (χ4n) is 3.06. The highest BCUT2D eigenvalue weighted by Crippen LogP contribution is 2.30. The van der Waals surface area contributed by atoms with E-state index >= 15 is 0 Å². The number of anilines is 1. The Bertz CT molecular complexity index is 936. The van der Waals surface area contributed by atoms with E-state index in [1.807, 2.05) is 24.4 Å². The van der Waals surface area contributed by atoms with Crippen LogP contribution in [0.25, 0.3) is 22.2 Å². The van der Waals surface area contributed by atoms with Crippen molar-refractivity contribution in [3.8, 4) is 11.1 Å². The molecule has 26 heavy (non-hydrogen) atoms. The Hall–Kier alpha value is -2.48. The summed E-state index contributed by atoms with van der Waals surface area (Å²) in [6.07, 6.45) is 3.61. The lowest BCUT2D eigenvalue weighted by Gasteiger charge is -2.25. The Morgan fingerprint density at radius 2 is 2.19 bits per heavy atom. The fraction of sp³-hybridized carbons (Fsp3) is 0.278. The highest BCUT2D eigenvalue weighted by molar-refractivity contribution is 6.30. The van der Waals surface area contributed by atoms with Crippen LogP contribution in [0.2, 0.25) is 5.15 Å². The average Bonchev–Trinajstić information content (AvgIpc) is 3.06. The smallest absolute Gasteiger partial charge is 0.239 e. The first-order chi connectivity index (χ1) is 12.7. The van der Waals surface area contributed by atoms with Crippen LogP contribution in [0.5, 0.6) is 0 Å². The monoisotopic (exact) mass is 371 g/mol. The van der Waals surface area contributed by atoms with Gasteiger partial charge in [-0.1, -0.05) is 11.6 Å². The van der Waals surface area contributed by atoms with Crippen molar-refractivity contribution in [1.82, 2.24) is 19.9 Å². The van der Waals surface area contributed by atoms with Crippen LogP contribution in [0.3, 0.4) is 0 Å². The number of halogens is 1. The summed E-state index contributed by atoms with van der Waals surface area (Å²) in [6, 6.07) is 7.46. The van der Waals surface area contributed by atoms with Gasteiger partial charge < -0.3 is 15.0 Å². The summed E-state index contributed by atoms with van der Waals surface area (Å²) >= 11 is 6.18. The number of nitrogens with one attached hydrogen (secondary N) is 2. The molecule has 0 spiro atoms. The Morgan fingerprint density at radius 1 is 1.35 bits per heavy atom. The van der Waals surface area contributed by atoms with Gasteiger partial charge in [-0.15, -0.1) is 0 Å². The molecule has 0 unspecified atom stereocenters. The van der Waals surface area contributed by atoms with E-state index in [1.54, 1.807) is 12.3 Å². The summed E-state index contributed by atoms with van der Waals surface area (Å²) < 4.78 is 5.30. The minimum absolute atomic E-state index is 0.117. The van der Waals surface area contributed by atoms with E-state index < -0.39 is 0 Å². The maximum atomic E-state index is 12.3. The second-order valence-corrected chi connectivity index (χ2v) is 6.49. The van der Waals surface area contributed by atoms with Gasteiger partial charge in [-0.2, -0.15) is 0 Å². The molecular formula is C18H18ClN5O2. The molecule has 2 N–H and O–H groups in total. The number of morpholine rings is 1. The van der Waals surface area contributed by atoms with Crippen molar-refractivity contribution in [2.24, 2.45) is 0 Å². The molecule has 134 valence electrons. The predicted molar refractivity (Wildman–Crippen MR) is 100 cm³/mol. The second-order valence-electron chi connectivity index (χ2n) is 6.10. The second kappa shape index (κ2) is 7.41. The van der Waals surface area contributed by atoms with Gasteiger partial charge in [-0.05, 0) is 29.8 Å². The summed E-state index contributed by atoms with van der Waals surface area (Å²) in [6.45, 7) is 3.13. The molecular weight excluding hydrogens is 354 g/mol. The van der Waals surface area contributed by atoms with E-state index in [0.29, 0.717) is 30.7 Å². The fourth-order valence-corrected chi connectivity index (χ4v) is 3.26. The maximum absolute atomic E-state index is 12.3. The van der Waals surface area contributed by atoms with Crippen molar-refractivity contribution < 1.29 is 9.53 Å². The van der Waals surface area contributed by atoms with E-state index in [-0.39, 0.29) is 5.91 Å². The SMILES string of the molecule is O=C(CN1CCOCC1)Nc1cc(-c2c[nH]c3ncccc23)cc(Cl)n1. The van der Waals surface area contributed by atoms with Gasteiger partial charge >= 0.3 is 0 Å². The molecule has 4 rings (SSSR count). The molecule has 1 amide bonds. The van der Waals surface area contributed by atoms with Crippen LogP contribution in [0.4, 0.5) is 5.82 Å². The van der Waals surface area contributed by atoms with Gasteiger partial charge in [-0.25, -0.2) is 9.97 Å². The lowest BCUT2D eigenvalue weighted by atomic mass is 10.1. The van der Waals surface area contributed by atoms with Crippen LogP contribution in [0, 0.1) is 0 Å². The maximum Gasteiger partial charge on any atom is 0.239 e. The molecule has 3 aromatic heterocycles. The third kappa shape index (κ3) is 3.70. The van der Waals surface area contributed by atoms with Crippen molar-refractivity contribution >= 4 is 34.4 Å². The van der Waals surface area contributed by atoms with Gasteiger partial charge in [0, 0.05) is 36.4 Å². The van der Waals surface area contributed by atoms with E-state index in [1.165, 1.54) is 0 Å². The first kappa shape index (κ1) is 17.0. The number of aromatic nitrogens is 3. The standard InChI is InChI=1S/C18H18ClN5O2/c19-15-8-12(14-10-21-18-13(14)2-1-3-20-18)9-16(22-15)23-17(25)11-24-4-6-26-7-5-24/h1-3,8-10H,4-7,11H2,(H,20,21)(H,22,23,25). The predicted octanol–water partition coefficient (Wildman–Crippen LogP) is 2.55. The molecule has 7 nitrogen and oxygen atoms in total. The number of rotatable bonds is 4. The lowest BCUT2D eigenvalue weighted by Crippen LogP contribution is -2.41. The molecule has 1 aliphatic heterocycles. The van der Waals surface area contributed by atoms with Crippen LogP contribution in [0.15, 0.2) is 36.7 Å². The van der Waals surface area contributed by atoms with Crippen LogP contribution in [0.1, 0.15) is 0 Å². The number of hydrogen-bond donors (Lipinski definition) is 2. The number of ether oxygens (including phenoxy) is 1. The molecule has 0 saturated carbocycles. The van der Waals surface area contributed by atoms with Crippen LogP contribution >= 0.6 is 11.6 Å². The number of aromatic amines is 1. The Kier molecular flexibility index (Phi) is 4.83. The highest BCUT2D eigenvalue weighted by Gasteiger charge is 2.15. The van der Waals surface area contributed by atoms with Gasteiger partial charge in [0.1, 0.15) is 16.6 Å². The normalized spacial score (nSPS) is 15.3. The van der Waals surface area contributed by atoms with E-state index in [9.17, 15) is 4.79 Å². The summed E-state index contributed by atoms with van der Waals surface area (Å²) in [7, 11) is 0. The van der Waals surface area contributed by atoms with E-state index in [0.717, 1.165) is 35.2 Å². The Morgan fingerprint density at radius 3 is 3.04 bits per heavy atom. The van der Waals surface area contributed by atoms with Gasteiger partial charge in [0.05, 0.1) is 19.8 Å². The molecule has 1 aliphatic rings. The number of hydrogen-bond acceptors (Lipinski definition) is 5. The zero-order valence-corrected chi connectivity index (χ0v) is 14.8. The van der Waals surface area contributed by atoms with Gasteiger partial charge in [0.15, 0.2) is 0 Å². The van der Waals surface area contributed by atoms with Crippen LogP contribution in [-0.4, -0.2) is 58.6 Å². The zero-order chi connectivity index (χ0) is 17.9. The number of H-pyrrole nitrogens is 1. The van der Waals surface area contributed by atoms with E-state index in [4.69, 9.17) is 16.3 Å². The molecule has 0 atom stereocenters. The largest absolute Gasteiger partial charge is 0.379 e. The highest BCUT2D eigenvalue weighted by atomic mass is 35.5. The molecule has 3 aromatic rings. The van der Waals surface area contributed by atoms with Crippen molar-refractivity contribution in [1.29, 1.82) is 0 Å². The minimum Gasteiger partial charge on any atom is -0.379 e. The molecule has 1 fully saturated rings. The molecule has 0 radical (unpaired) electrons. The van der Waals surface area contributed by atoms with Crippen molar-refractivity contribution in [3.05, 3.63) is 41.8 Å². The summed E-state index contributed by atoms with van der Waals surface area (Å²) in [5, 5.41) is 4.15. The molecule has 1 saturated heterocycles. The zero-order valence-electron chi connectivity index (χ0n) is 14.0. The van der Waals surface area contributed by atoms with Crippen molar-refractivity contribution in [3.63, 3.8) is 0 Å². The van der Waals surface area contributed by atoms with Crippen LogP contribution < -0.4 is 5.32 Å². The molecule has 8 heteroatoms. The number of carbonyl (C=O) groups excluding carboxylic acids is 1. The Balaban J connectivity index is 1.55. The van der Waals surface area contributed by atoms with Gasteiger partial charge in [-0.3, -0.25) is 9.69 Å². The lowest BCUT2D eigenvalue weighted by molar-refractivity contribution is -0.118. The van der Waals surface area contributed by atoms with Crippen LogP contribution in [-0.2, 0) is 9.53 Å². The van der Waals surface area contributed by atoms with Gasteiger partial charge in [0.25, 0.3) is 0 Å². The van der Waals surface area contributed by atoms with Crippen molar-refractivity contribution in [2.75, 3.05) is 38.2 Å². The third-order valence-electron chi connectivity index (χ3n) is 4.29. The summed E-state index contributed by atoms with van der Waals surface area (Å²) in [4.78, 5) is 26.0. The number of nitrogens with zero attached hydrogens (tertiary/aromatic N) is 3. The topological polar surface area (TPSA) is 83.1 Å². The quantitative estimate of drug-likeness (QED) is 0.689. The third-order valence-corrected chi connectivity index (χ3v) is 4.49. The summed E-state index contributed by atoms with van der Waals surface area (Å²) in [5.74, 6) is 0.317. The number of fused-ring (bicyclic) bond motifs is 1. The first-order valence-corrected chi connectivity index (χ1v) is 8.77. The number of carbonyl (C=O) groups is 1. The van der Waals surface area contributed by atoms with Crippen molar-refractivity contribution in [2.45, 2.75) is 0 Å². The average molecular weight is 372 g/mol. The number of amides is 1. The Labute approximate surface area is 155 Å². The van der Waals surface area contributed by atoms with E-state index in [2.05, 4.69) is 25.2 Å². The minimum atomic E-state index is -0.117. The molecule has 0 aromatic carbocycles. The summed E-state index contributed by atoms with van der Waals surface area (Å²) in [5.41, 5.74) is 2.63. The molecule has 0 bridgehead atoms. The number of pyridine rings is 2.